The molecular formula is C19H33N3O4. The number of Topliss-reactive ketones (excluding diaryl/α,β-unsaturated/α-hetero) is 2. The van der Waals surface area contributed by atoms with Crippen LogP contribution >= 0.6 is 0 Å². The second kappa shape index (κ2) is 9.26. The first-order valence-electron chi connectivity index (χ1n) is 9.41. The molecule has 0 bridgehead atoms. The third kappa shape index (κ3) is 5.62. The Balaban J connectivity index is 2.87. The zero-order chi connectivity index (χ0) is 20.1. The van der Waals surface area contributed by atoms with Crippen molar-refractivity contribution in [3.8, 4) is 0 Å². The Morgan fingerprint density at radius 2 is 1.85 bits per heavy atom. The van der Waals surface area contributed by atoms with Gasteiger partial charge in [-0.2, -0.15) is 0 Å². The lowest BCUT2D eigenvalue weighted by Gasteiger charge is -2.33. The van der Waals surface area contributed by atoms with Gasteiger partial charge in [-0.1, -0.05) is 40.5 Å². The van der Waals surface area contributed by atoms with Crippen LogP contribution in [0.3, 0.4) is 0 Å². The third-order valence-corrected chi connectivity index (χ3v) is 4.86. The number of nitrogens with zero attached hydrogens (tertiary/aromatic N) is 1. The van der Waals surface area contributed by atoms with E-state index < -0.39 is 35.1 Å². The smallest absolute Gasteiger partial charge is 0.243 e. The largest absolute Gasteiger partial charge is 0.344 e. The number of likely N-dealkylation sites (tertiary alicyclic amines) is 1. The van der Waals surface area contributed by atoms with Crippen molar-refractivity contribution in [3.63, 3.8) is 0 Å². The van der Waals surface area contributed by atoms with Gasteiger partial charge in [0.1, 0.15) is 6.04 Å². The third-order valence-electron chi connectivity index (χ3n) is 4.86. The molecule has 0 spiro atoms. The molecule has 2 amide bonds. The number of rotatable bonds is 8. The van der Waals surface area contributed by atoms with Crippen LogP contribution in [0.4, 0.5) is 0 Å². The van der Waals surface area contributed by atoms with Crippen LogP contribution in [-0.4, -0.2) is 53.0 Å². The van der Waals surface area contributed by atoms with Crippen LogP contribution in [-0.2, 0) is 19.2 Å². The number of carbonyl (C=O) groups is 4. The summed E-state index contributed by atoms with van der Waals surface area (Å²) < 4.78 is 0. The van der Waals surface area contributed by atoms with Crippen molar-refractivity contribution in [2.24, 2.45) is 11.1 Å². The molecule has 1 fully saturated rings. The summed E-state index contributed by atoms with van der Waals surface area (Å²) in [6.07, 6.45) is 3.24. The minimum absolute atomic E-state index is 0.252. The first-order chi connectivity index (χ1) is 12.0. The Morgan fingerprint density at radius 1 is 1.23 bits per heavy atom. The maximum absolute atomic E-state index is 12.7. The van der Waals surface area contributed by atoms with Gasteiger partial charge in [0, 0.05) is 13.5 Å². The van der Waals surface area contributed by atoms with E-state index in [2.05, 4.69) is 5.32 Å². The van der Waals surface area contributed by atoms with E-state index in [4.69, 9.17) is 5.73 Å². The highest BCUT2D eigenvalue weighted by Crippen LogP contribution is 2.24. The van der Waals surface area contributed by atoms with Crippen molar-refractivity contribution in [2.45, 2.75) is 84.8 Å². The number of nitrogens with two attached hydrogens (primary N) is 1. The minimum Gasteiger partial charge on any atom is -0.344 e. The lowest BCUT2D eigenvalue weighted by Crippen LogP contribution is -2.56. The zero-order valence-electron chi connectivity index (χ0n) is 16.6. The number of carbonyl (C=O) groups excluding carboxylic acids is 4. The van der Waals surface area contributed by atoms with Crippen molar-refractivity contribution in [1.82, 2.24) is 10.2 Å². The van der Waals surface area contributed by atoms with Gasteiger partial charge in [0.25, 0.3) is 0 Å². The normalized spacial score (nSPS) is 19.8. The molecule has 1 aliphatic rings. The van der Waals surface area contributed by atoms with Crippen LogP contribution in [0.2, 0.25) is 0 Å². The Bertz CT molecular complexity index is 553. The van der Waals surface area contributed by atoms with Crippen LogP contribution in [0.25, 0.3) is 0 Å². The van der Waals surface area contributed by atoms with Gasteiger partial charge in [-0.05, 0) is 24.7 Å². The van der Waals surface area contributed by atoms with E-state index in [1.807, 2.05) is 27.7 Å². The molecule has 1 heterocycles. The minimum atomic E-state index is -0.825. The Hall–Kier alpha value is -1.76. The standard InChI is InChI=1S/C19H33N3O4/c1-6-7-9-13(15(24)12(2)23)21-17(25)14-10-8-11-22(14)18(26)16(20)19(3,4)5/h13-14,16H,6-11,20H2,1-5H3,(H,21,25)/t13?,14-,16+/m0/s1. The molecule has 0 saturated carbocycles. The van der Waals surface area contributed by atoms with Crippen LogP contribution in [0.1, 0.15) is 66.7 Å². The molecule has 0 radical (unpaired) electrons. The number of hydrogen-bond donors (Lipinski definition) is 2. The van der Waals surface area contributed by atoms with Crippen molar-refractivity contribution in [1.29, 1.82) is 0 Å². The van der Waals surface area contributed by atoms with Gasteiger partial charge in [-0.3, -0.25) is 19.2 Å². The molecule has 0 aromatic rings. The van der Waals surface area contributed by atoms with E-state index >= 15 is 0 Å². The highest BCUT2D eigenvalue weighted by Gasteiger charge is 2.40. The van der Waals surface area contributed by atoms with Gasteiger partial charge in [-0.15, -0.1) is 0 Å². The van der Waals surface area contributed by atoms with E-state index in [-0.39, 0.29) is 11.8 Å². The van der Waals surface area contributed by atoms with E-state index in [1.54, 1.807) is 0 Å². The first kappa shape index (κ1) is 22.3. The van der Waals surface area contributed by atoms with Crippen molar-refractivity contribution in [2.75, 3.05) is 6.54 Å². The Kier molecular flexibility index (Phi) is 7.93. The van der Waals surface area contributed by atoms with Gasteiger partial charge >= 0.3 is 0 Å². The number of nitrogens with one attached hydrogen (secondary N) is 1. The van der Waals surface area contributed by atoms with Crippen LogP contribution in [0.15, 0.2) is 0 Å². The quantitative estimate of drug-likeness (QED) is 0.626. The molecule has 1 aliphatic heterocycles. The van der Waals surface area contributed by atoms with Gasteiger partial charge < -0.3 is 16.0 Å². The number of hydrogen-bond acceptors (Lipinski definition) is 5. The summed E-state index contributed by atoms with van der Waals surface area (Å²) >= 11 is 0. The Labute approximate surface area is 156 Å². The number of amides is 2. The number of unbranched alkanes of at least 4 members (excludes halogenated alkanes) is 1. The first-order valence-corrected chi connectivity index (χ1v) is 9.41. The highest BCUT2D eigenvalue weighted by molar-refractivity contribution is 6.38. The molecule has 0 aromatic carbocycles. The molecule has 3 atom stereocenters. The van der Waals surface area contributed by atoms with Crippen LogP contribution in [0.5, 0.6) is 0 Å². The fraction of sp³-hybridized carbons (Fsp3) is 0.789. The molecule has 26 heavy (non-hydrogen) atoms. The van der Waals surface area contributed by atoms with Crippen molar-refractivity contribution >= 4 is 23.4 Å². The Morgan fingerprint density at radius 3 is 2.35 bits per heavy atom. The van der Waals surface area contributed by atoms with Gasteiger partial charge in [0.15, 0.2) is 5.78 Å². The summed E-state index contributed by atoms with van der Waals surface area (Å²) in [6.45, 7) is 9.30. The average molecular weight is 367 g/mol. The highest BCUT2D eigenvalue weighted by atomic mass is 16.2. The lowest BCUT2D eigenvalue weighted by molar-refractivity contribution is -0.142. The monoisotopic (exact) mass is 367 g/mol. The predicted molar refractivity (Wildman–Crippen MR) is 99.3 cm³/mol. The number of ketones is 2. The second-order valence-corrected chi connectivity index (χ2v) is 8.16. The molecule has 3 N–H and O–H groups in total. The summed E-state index contributed by atoms with van der Waals surface area (Å²) in [4.78, 5) is 50.5. The van der Waals surface area contributed by atoms with E-state index in [9.17, 15) is 19.2 Å². The van der Waals surface area contributed by atoms with Crippen LogP contribution in [0, 0.1) is 5.41 Å². The fourth-order valence-electron chi connectivity index (χ4n) is 3.04. The molecule has 1 saturated heterocycles. The maximum atomic E-state index is 12.7. The van der Waals surface area contributed by atoms with Gasteiger partial charge in [-0.25, -0.2) is 0 Å². The van der Waals surface area contributed by atoms with Crippen molar-refractivity contribution in [3.05, 3.63) is 0 Å². The van der Waals surface area contributed by atoms with E-state index in [1.165, 1.54) is 11.8 Å². The molecule has 148 valence electrons. The van der Waals surface area contributed by atoms with Crippen LogP contribution < -0.4 is 11.1 Å². The topological polar surface area (TPSA) is 110 Å². The van der Waals surface area contributed by atoms with Crippen molar-refractivity contribution < 1.29 is 19.2 Å². The second-order valence-electron chi connectivity index (χ2n) is 8.16. The summed E-state index contributed by atoms with van der Waals surface area (Å²) in [7, 11) is 0. The maximum Gasteiger partial charge on any atom is 0.243 e. The molecule has 0 aromatic heterocycles. The van der Waals surface area contributed by atoms with E-state index in [0.29, 0.717) is 25.8 Å². The summed E-state index contributed by atoms with van der Waals surface area (Å²) in [5.74, 6) is -1.79. The molecule has 7 nitrogen and oxygen atoms in total. The van der Waals surface area contributed by atoms with E-state index in [0.717, 1.165) is 12.8 Å². The predicted octanol–water partition coefficient (Wildman–Crippen LogP) is 1.18. The molecule has 1 rings (SSSR count). The SMILES string of the molecule is CCCCC(NC(=O)[C@@H]1CCCN1C(=O)[C@@H](N)C(C)(C)C)C(=O)C(C)=O. The molecular weight excluding hydrogens is 334 g/mol. The molecule has 7 heteroatoms. The summed E-state index contributed by atoms with van der Waals surface area (Å²) in [5.41, 5.74) is 5.66. The lowest BCUT2D eigenvalue weighted by atomic mass is 9.86. The average Bonchev–Trinajstić information content (AvgIpc) is 3.05. The van der Waals surface area contributed by atoms with Gasteiger partial charge in [0.2, 0.25) is 17.6 Å². The zero-order valence-corrected chi connectivity index (χ0v) is 16.6. The summed E-state index contributed by atoms with van der Waals surface area (Å²) in [5, 5.41) is 2.69. The van der Waals surface area contributed by atoms with Gasteiger partial charge in [0.05, 0.1) is 12.1 Å². The molecule has 1 unspecified atom stereocenters. The fourth-order valence-corrected chi connectivity index (χ4v) is 3.04. The summed E-state index contributed by atoms with van der Waals surface area (Å²) in [6, 6.07) is -2.17. The molecule has 0 aliphatic carbocycles.